The van der Waals surface area contributed by atoms with Crippen LogP contribution in [0.1, 0.15) is 49.3 Å². The monoisotopic (exact) mass is 357 g/mol. The molecule has 0 spiro atoms. The highest BCUT2D eigenvalue weighted by molar-refractivity contribution is 7.85. The number of phenols is 1. The lowest BCUT2D eigenvalue weighted by molar-refractivity contribution is 0.464. The minimum Gasteiger partial charge on any atom is -0.508 e. The van der Waals surface area contributed by atoms with Crippen LogP contribution in [0.15, 0.2) is 40.1 Å². The number of hydrogen-bond donors (Lipinski definition) is 1. The number of benzene rings is 2. The molecule has 1 unspecified atom stereocenters. The smallest absolute Gasteiger partial charge is 0.119 e. The number of aryl methyl sites for hydroxylation is 2. The van der Waals surface area contributed by atoms with E-state index >= 15 is 0 Å². The summed E-state index contributed by atoms with van der Waals surface area (Å²) in [4.78, 5) is 4.05. The topological polar surface area (TPSA) is 40.5 Å². The Morgan fingerprint density at radius 2 is 1.64 bits per heavy atom. The molecule has 1 aliphatic rings. The standard InChI is InChI=1S/C21H27NO2S/c1-14(2)19-13-18(7-8-20(19)23)25(24)21-15(3)11-17(12-16(21)4)22-9-5-6-10-22/h7-8,11-14,23H,5-6,9-10H2,1-4H3. The minimum atomic E-state index is -1.24. The second-order valence-electron chi connectivity index (χ2n) is 7.25. The lowest BCUT2D eigenvalue weighted by atomic mass is 10.0. The fourth-order valence-electron chi connectivity index (χ4n) is 3.61. The fraction of sp³-hybridized carbons (Fsp3) is 0.429. The molecule has 1 N–H and O–H groups in total. The molecule has 25 heavy (non-hydrogen) atoms. The predicted molar refractivity (Wildman–Crippen MR) is 104 cm³/mol. The van der Waals surface area contributed by atoms with Gasteiger partial charge >= 0.3 is 0 Å². The minimum absolute atomic E-state index is 0.191. The molecule has 1 heterocycles. The maximum Gasteiger partial charge on any atom is 0.119 e. The number of nitrogens with zero attached hydrogens (tertiary/aromatic N) is 1. The van der Waals surface area contributed by atoms with Gasteiger partial charge in [-0.15, -0.1) is 0 Å². The molecule has 1 atom stereocenters. The number of phenolic OH excluding ortho intramolecular Hbond substituents is 1. The van der Waals surface area contributed by atoms with Crippen molar-refractivity contribution >= 4 is 16.5 Å². The van der Waals surface area contributed by atoms with E-state index in [1.807, 2.05) is 33.8 Å². The van der Waals surface area contributed by atoms with Gasteiger partial charge in [0.25, 0.3) is 0 Å². The Hall–Kier alpha value is -1.81. The summed E-state index contributed by atoms with van der Waals surface area (Å²) in [7, 11) is -1.24. The maximum absolute atomic E-state index is 13.2. The fourth-order valence-corrected chi connectivity index (χ4v) is 4.97. The zero-order valence-corrected chi connectivity index (χ0v) is 16.3. The van der Waals surface area contributed by atoms with Gasteiger partial charge in [-0.25, -0.2) is 4.21 Å². The molecule has 0 aromatic heterocycles. The van der Waals surface area contributed by atoms with Crippen molar-refractivity contribution < 1.29 is 9.32 Å². The molecule has 0 amide bonds. The lowest BCUT2D eigenvalue weighted by Crippen LogP contribution is -2.18. The second-order valence-corrected chi connectivity index (χ2v) is 8.66. The number of hydrogen-bond acceptors (Lipinski definition) is 3. The zero-order chi connectivity index (χ0) is 18.1. The Labute approximate surface area is 153 Å². The molecule has 2 aromatic rings. The van der Waals surface area contributed by atoms with Gasteiger partial charge in [0.1, 0.15) is 5.75 Å². The third-order valence-corrected chi connectivity index (χ3v) is 6.63. The van der Waals surface area contributed by atoms with Crippen molar-refractivity contribution in [3.63, 3.8) is 0 Å². The van der Waals surface area contributed by atoms with Gasteiger partial charge in [0.05, 0.1) is 10.8 Å². The molecule has 0 bridgehead atoms. The summed E-state index contributed by atoms with van der Waals surface area (Å²) >= 11 is 0. The molecule has 1 aliphatic heterocycles. The average Bonchev–Trinajstić information content (AvgIpc) is 3.08. The van der Waals surface area contributed by atoms with Gasteiger partial charge < -0.3 is 10.0 Å². The van der Waals surface area contributed by atoms with Crippen LogP contribution in [0.3, 0.4) is 0 Å². The summed E-state index contributed by atoms with van der Waals surface area (Å²) in [5.74, 6) is 0.463. The van der Waals surface area contributed by atoms with Crippen LogP contribution >= 0.6 is 0 Å². The third kappa shape index (κ3) is 3.59. The van der Waals surface area contributed by atoms with E-state index in [4.69, 9.17) is 0 Å². The third-order valence-electron chi connectivity index (χ3n) is 4.94. The summed E-state index contributed by atoms with van der Waals surface area (Å²) in [5.41, 5.74) is 4.22. The first-order valence-electron chi connectivity index (χ1n) is 8.99. The van der Waals surface area contributed by atoms with Crippen molar-refractivity contribution in [1.82, 2.24) is 0 Å². The van der Waals surface area contributed by atoms with Crippen LogP contribution in [0.2, 0.25) is 0 Å². The van der Waals surface area contributed by atoms with E-state index in [-0.39, 0.29) is 11.7 Å². The number of aromatic hydroxyl groups is 1. The van der Waals surface area contributed by atoms with Crippen molar-refractivity contribution in [2.24, 2.45) is 0 Å². The summed E-state index contributed by atoms with van der Waals surface area (Å²) in [6, 6.07) is 9.63. The van der Waals surface area contributed by atoms with Crippen LogP contribution in [0.25, 0.3) is 0 Å². The Morgan fingerprint density at radius 1 is 1.04 bits per heavy atom. The van der Waals surface area contributed by atoms with E-state index in [0.717, 1.165) is 39.6 Å². The Bertz CT molecular complexity index is 785. The van der Waals surface area contributed by atoms with Crippen LogP contribution < -0.4 is 4.90 Å². The van der Waals surface area contributed by atoms with Crippen molar-refractivity contribution in [3.05, 3.63) is 47.0 Å². The molecule has 4 heteroatoms. The SMILES string of the molecule is Cc1cc(N2CCCC2)cc(C)c1S(=O)c1ccc(O)c(C(C)C)c1. The summed E-state index contributed by atoms with van der Waals surface area (Å²) in [6.07, 6.45) is 2.49. The molecule has 3 rings (SSSR count). The first-order valence-corrected chi connectivity index (χ1v) is 10.1. The van der Waals surface area contributed by atoms with Crippen molar-refractivity contribution in [2.45, 2.75) is 56.2 Å². The highest BCUT2D eigenvalue weighted by Gasteiger charge is 2.19. The van der Waals surface area contributed by atoms with E-state index in [2.05, 4.69) is 17.0 Å². The van der Waals surface area contributed by atoms with Gasteiger partial charge in [-0.05, 0) is 79.6 Å². The molecule has 3 nitrogen and oxygen atoms in total. The Kier molecular flexibility index (Phi) is 5.19. The molecular weight excluding hydrogens is 330 g/mol. The largest absolute Gasteiger partial charge is 0.508 e. The molecule has 0 saturated carbocycles. The Morgan fingerprint density at radius 3 is 2.20 bits per heavy atom. The first kappa shape index (κ1) is 18.0. The van der Waals surface area contributed by atoms with Gasteiger partial charge in [-0.1, -0.05) is 13.8 Å². The van der Waals surface area contributed by atoms with Gasteiger partial charge in [-0.3, -0.25) is 0 Å². The molecular formula is C21H27NO2S. The van der Waals surface area contributed by atoms with Crippen molar-refractivity contribution in [1.29, 1.82) is 0 Å². The quantitative estimate of drug-likeness (QED) is 0.846. The summed E-state index contributed by atoms with van der Waals surface area (Å²) in [6.45, 7) is 10.4. The van der Waals surface area contributed by atoms with Crippen LogP contribution in [0, 0.1) is 13.8 Å². The predicted octanol–water partition coefficient (Wildman–Crippen LogP) is 4.90. The normalized spacial score (nSPS) is 15.8. The van der Waals surface area contributed by atoms with E-state index < -0.39 is 10.8 Å². The van der Waals surface area contributed by atoms with Crippen molar-refractivity contribution in [2.75, 3.05) is 18.0 Å². The van der Waals surface area contributed by atoms with Gasteiger partial charge in [-0.2, -0.15) is 0 Å². The maximum atomic E-state index is 13.2. The Balaban J connectivity index is 1.98. The van der Waals surface area contributed by atoms with E-state index in [9.17, 15) is 9.32 Å². The molecule has 0 radical (unpaired) electrons. The summed E-state index contributed by atoms with van der Waals surface area (Å²) in [5, 5.41) is 10.0. The molecule has 134 valence electrons. The van der Waals surface area contributed by atoms with Crippen LogP contribution in [0.4, 0.5) is 5.69 Å². The number of rotatable bonds is 4. The summed E-state index contributed by atoms with van der Waals surface area (Å²) < 4.78 is 13.2. The molecule has 0 aliphatic carbocycles. The van der Waals surface area contributed by atoms with Gasteiger partial charge in [0.15, 0.2) is 0 Å². The molecule has 2 aromatic carbocycles. The van der Waals surface area contributed by atoms with E-state index in [1.54, 1.807) is 12.1 Å². The van der Waals surface area contributed by atoms with E-state index in [1.165, 1.54) is 18.5 Å². The first-order chi connectivity index (χ1) is 11.9. The molecule has 1 saturated heterocycles. The van der Waals surface area contributed by atoms with Crippen LogP contribution in [-0.2, 0) is 10.8 Å². The molecule has 1 fully saturated rings. The second kappa shape index (κ2) is 7.20. The zero-order valence-electron chi connectivity index (χ0n) is 15.5. The van der Waals surface area contributed by atoms with Crippen LogP contribution in [0.5, 0.6) is 5.75 Å². The highest BCUT2D eigenvalue weighted by atomic mass is 32.2. The van der Waals surface area contributed by atoms with Crippen LogP contribution in [-0.4, -0.2) is 22.4 Å². The van der Waals surface area contributed by atoms with Gasteiger partial charge in [0, 0.05) is 28.6 Å². The lowest BCUT2D eigenvalue weighted by Gasteiger charge is -2.21. The highest BCUT2D eigenvalue weighted by Crippen LogP contribution is 2.33. The van der Waals surface area contributed by atoms with Gasteiger partial charge in [0.2, 0.25) is 0 Å². The number of anilines is 1. The van der Waals surface area contributed by atoms with Crippen molar-refractivity contribution in [3.8, 4) is 5.75 Å². The average molecular weight is 358 g/mol. The van der Waals surface area contributed by atoms with E-state index in [0.29, 0.717) is 0 Å².